The van der Waals surface area contributed by atoms with E-state index in [4.69, 9.17) is 68.8 Å². The van der Waals surface area contributed by atoms with Gasteiger partial charge in [-0.15, -0.1) is 0 Å². The molecule has 3 aliphatic rings. The van der Waals surface area contributed by atoms with E-state index in [9.17, 15) is 47.9 Å². The number of alkyl carbamates (subject to hydrolysis) is 1. The van der Waals surface area contributed by atoms with Crippen LogP contribution < -0.4 is 36.9 Å². The molecule has 35 nitrogen and oxygen atoms in total. The number of morpholine rings is 1. The molecule has 6 amide bonds. The number of aromatic nitrogens is 8. The monoisotopic (exact) mass is 1460 g/mol. The van der Waals surface area contributed by atoms with Crippen LogP contribution in [0.4, 0.5) is 21.5 Å². The summed E-state index contributed by atoms with van der Waals surface area (Å²) in [6.45, 7) is 18.3. The average Bonchev–Trinajstić information content (AvgIpc) is 1.55. The molecule has 560 valence electrons. The number of nitrogens with one attached hydrogen (secondary N) is 3. The first-order valence-electron chi connectivity index (χ1n) is 33.8. The molecular formula is C70H85N15O20. The van der Waals surface area contributed by atoms with Gasteiger partial charge in [-0.2, -0.15) is 10.2 Å². The highest BCUT2D eigenvalue weighted by atomic mass is 16.7. The maximum atomic E-state index is 14.1. The van der Waals surface area contributed by atoms with E-state index >= 15 is 0 Å². The maximum Gasteiger partial charge on any atom is 0.410 e. The zero-order chi connectivity index (χ0) is 75.8. The molecule has 0 bridgehead atoms. The van der Waals surface area contributed by atoms with Gasteiger partial charge in [-0.05, 0) is 115 Å². The van der Waals surface area contributed by atoms with E-state index in [-0.39, 0.29) is 98.3 Å². The second-order valence-electron chi connectivity index (χ2n) is 26.2. The number of aryl methyl sites for hydroxylation is 4. The van der Waals surface area contributed by atoms with Crippen LogP contribution in [0, 0.1) is 13.8 Å². The smallest absolute Gasteiger partial charge is 0.410 e. The summed E-state index contributed by atoms with van der Waals surface area (Å²) in [6, 6.07) is 15.8. The number of fused-ring (bicyclic) bond motifs is 2. The van der Waals surface area contributed by atoms with E-state index in [1.54, 1.807) is 100 Å². The minimum absolute atomic E-state index is 0.00255. The van der Waals surface area contributed by atoms with Crippen LogP contribution in [0.3, 0.4) is 0 Å². The number of likely N-dealkylation sites (tertiary alicyclic amines) is 1. The minimum Gasteiger partial charge on any atom is -0.491 e. The topological polar surface area (TPSA) is 429 Å². The van der Waals surface area contributed by atoms with Gasteiger partial charge in [-0.1, -0.05) is 18.2 Å². The Morgan fingerprint density at radius 3 is 1.91 bits per heavy atom. The zero-order valence-corrected chi connectivity index (χ0v) is 60.0. The Hall–Kier alpha value is -11.5. The maximum absolute atomic E-state index is 14.1. The van der Waals surface area contributed by atoms with Gasteiger partial charge >= 0.3 is 36.1 Å². The molecule has 5 atom stereocenters. The zero-order valence-electron chi connectivity index (χ0n) is 60.0. The van der Waals surface area contributed by atoms with Crippen LogP contribution in [0.25, 0.3) is 22.1 Å². The van der Waals surface area contributed by atoms with Crippen molar-refractivity contribution in [1.82, 2.24) is 53.8 Å². The number of esters is 4. The van der Waals surface area contributed by atoms with E-state index in [1.807, 2.05) is 26.0 Å². The highest BCUT2D eigenvalue weighted by molar-refractivity contribution is 6.05. The first-order chi connectivity index (χ1) is 49.9. The first kappa shape index (κ1) is 76.2. The summed E-state index contributed by atoms with van der Waals surface area (Å²) in [7, 11) is 1.05. The number of nitrogens with zero attached hydrogens (tertiary/aromatic N) is 10. The molecule has 1 spiro atoms. The molecular weight excluding hydrogens is 1370 g/mol. The fourth-order valence-electron chi connectivity index (χ4n) is 12.5. The molecule has 3 fully saturated rings. The number of primary amides is 2. The normalized spacial score (nSPS) is 17.9. The van der Waals surface area contributed by atoms with Crippen LogP contribution in [0.15, 0.2) is 72.8 Å². The molecule has 0 radical (unpaired) electrons. The molecule has 0 unspecified atom stereocenters. The van der Waals surface area contributed by atoms with Crippen LogP contribution >= 0.6 is 0 Å². The highest BCUT2D eigenvalue weighted by Crippen LogP contribution is 2.36. The van der Waals surface area contributed by atoms with Crippen molar-refractivity contribution in [3.05, 3.63) is 118 Å². The molecule has 0 saturated carbocycles. The van der Waals surface area contributed by atoms with E-state index in [2.05, 4.69) is 31.0 Å². The van der Waals surface area contributed by atoms with Crippen LogP contribution in [0.2, 0.25) is 0 Å². The van der Waals surface area contributed by atoms with Gasteiger partial charge < -0.3 is 78.2 Å². The van der Waals surface area contributed by atoms with Gasteiger partial charge in [-0.25, -0.2) is 24.4 Å². The lowest BCUT2D eigenvalue weighted by Gasteiger charge is -2.53. The molecule has 7 heterocycles. The molecule has 0 aliphatic carbocycles. The Balaban J connectivity index is 0.817. The molecule has 35 heteroatoms. The lowest BCUT2D eigenvalue weighted by molar-refractivity contribution is -0.282. The second-order valence-corrected chi connectivity index (χ2v) is 26.2. The van der Waals surface area contributed by atoms with E-state index in [1.165, 1.54) is 18.2 Å². The Morgan fingerprint density at radius 1 is 0.705 bits per heavy atom. The number of carbonyl (C=O) groups is 10. The standard InChI is InChI=1S/C70H85N15O20/c1-12-84-50(27-38(3)78-84)61(91)76-65-74-47-30-44(59(71)89)18-19-49(47)82(65)22-14-15-23-83-54-48(75-66(83)77-62(92)51-28-39(4)79-85(51)13-2)31-45(60(72)90)32-53(54)97-25-16-21-80-35-70(36-80)37-81(24-26-99-70)68(95)98-34-43-17-20-52(46(29-43)33-73-67(94)105-69(8,9)10)103-64-58(102-42(7)88)56(101-41(6)87)55(100-40(5)86)57(104-64)63(93)96-11/h14-15,17-20,27-32,55-58,64H,12-13,16,21-26,33-37H2,1-11H3,(H2,71,89)(H2,72,90)(H,73,94)(H,74,76,91)(H,75,77,92)/b15-14+/t55-,56-,57-,58+,64+/m0/s1. The van der Waals surface area contributed by atoms with Crippen molar-refractivity contribution < 1.29 is 95.3 Å². The minimum atomic E-state index is -1.76. The average molecular weight is 1460 g/mol. The molecule has 3 saturated heterocycles. The number of benzene rings is 3. The summed E-state index contributed by atoms with van der Waals surface area (Å²) in [5.41, 5.74) is 14.6. The lowest BCUT2D eigenvalue weighted by atomic mass is 9.91. The molecule has 3 aliphatic heterocycles. The van der Waals surface area contributed by atoms with Gasteiger partial charge in [0.15, 0.2) is 18.3 Å². The van der Waals surface area contributed by atoms with Gasteiger partial charge in [0, 0.05) is 96.4 Å². The fraction of sp³-hybridized carbons (Fsp3) is 0.457. The van der Waals surface area contributed by atoms with Crippen molar-refractivity contribution in [2.75, 3.05) is 63.7 Å². The van der Waals surface area contributed by atoms with Crippen molar-refractivity contribution in [3.8, 4) is 11.5 Å². The Morgan fingerprint density at radius 2 is 1.30 bits per heavy atom. The predicted octanol–water partition coefficient (Wildman–Crippen LogP) is 4.98. The molecule has 7 aromatic rings. The number of hydrogen-bond donors (Lipinski definition) is 5. The van der Waals surface area contributed by atoms with E-state index < -0.39 is 102 Å². The predicted molar refractivity (Wildman–Crippen MR) is 371 cm³/mol. The number of nitrogens with two attached hydrogens (primary N) is 2. The molecule has 105 heavy (non-hydrogen) atoms. The Bertz CT molecular complexity index is 4520. The number of hydrogen-bond acceptors (Lipinski definition) is 25. The van der Waals surface area contributed by atoms with Crippen molar-refractivity contribution in [1.29, 1.82) is 0 Å². The van der Waals surface area contributed by atoms with Crippen molar-refractivity contribution in [2.45, 2.75) is 157 Å². The number of ether oxygens (including phenoxy) is 10. The highest BCUT2D eigenvalue weighted by Gasteiger charge is 2.56. The molecule has 4 aromatic heterocycles. The second kappa shape index (κ2) is 32.5. The number of allylic oxidation sites excluding steroid dienone is 2. The van der Waals surface area contributed by atoms with Gasteiger partial charge in [0.25, 0.3) is 11.8 Å². The lowest BCUT2D eigenvalue weighted by Crippen LogP contribution is -2.70. The third-order valence-electron chi connectivity index (χ3n) is 17.0. The van der Waals surface area contributed by atoms with Crippen LogP contribution in [-0.2, 0) is 96.4 Å². The number of methoxy groups -OCH3 is 1. The summed E-state index contributed by atoms with van der Waals surface area (Å²) in [5.74, 6) is -5.50. The van der Waals surface area contributed by atoms with Crippen molar-refractivity contribution in [3.63, 3.8) is 0 Å². The number of amides is 6. The number of rotatable bonds is 27. The quantitative estimate of drug-likeness (QED) is 0.0196. The summed E-state index contributed by atoms with van der Waals surface area (Å²) in [6.07, 6.45) is -5.72. The summed E-state index contributed by atoms with van der Waals surface area (Å²) in [4.78, 5) is 144. The number of carbonyl (C=O) groups excluding carboxylic acids is 10. The van der Waals surface area contributed by atoms with E-state index in [0.717, 1.165) is 27.9 Å². The first-order valence-corrected chi connectivity index (χ1v) is 33.8. The van der Waals surface area contributed by atoms with E-state index in [0.29, 0.717) is 83.9 Å². The SMILES string of the molecule is CCn1nc(C)cc1C(=O)Nc1nc2cc(C(N)=O)ccc2n1C/C=C/Cn1c(NC(=O)c2cc(C)nn2CC)nc2cc(C(N)=O)cc(OCCCN3CC4(C3)CN(C(=O)OCc3ccc(O[C@@H]5O[C@H](C(=O)OC)[C@@H](OC(C)=O)[C@H](OC(C)=O)[C@H]5OC(C)=O)c(CNC(=O)OC(C)(C)C)c3)CCO4)c21. The van der Waals surface area contributed by atoms with Crippen molar-refractivity contribution in [2.24, 2.45) is 11.5 Å². The third-order valence-corrected chi connectivity index (χ3v) is 17.0. The number of anilines is 2. The molecule has 7 N–H and O–H groups in total. The summed E-state index contributed by atoms with van der Waals surface area (Å²) < 4.78 is 64.5. The molecule has 10 rings (SSSR count). The number of imidazole rings is 2. The van der Waals surface area contributed by atoms with Gasteiger partial charge in [0.1, 0.15) is 46.2 Å². The largest absolute Gasteiger partial charge is 0.491 e. The van der Waals surface area contributed by atoms with Crippen LogP contribution in [-0.4, -0.2) is 203 Å². The van der Waals surface area contributed by atoms with Gasteiger partial charge in [0.05, 0.1) is 54.8 Å². The Kier molecular flexibility index (Phi) is 23.6. The van der Waals surface area contributed by atoms with Gasteiger partial charge in [0.2, 0.25) is 36.1 Å². The van der Waals surface area contributed by atoms with Crippen LogP contribution in [0.5, 0.6) is 11.5 Å². The third kappa shape index (κ3) is 18.3. The summed E-state index contributed by atoms with van der Waals surface area (Å²) in [5, 5.41) is 17.4. The Labute approximate surface area is 601 Å². The van der Waals surface area contributed by atoms with Crippen LogP contribution in [0.1, 0.15) is 126 Å². The van der Waals surface area contributed by atoms with Gasteiger partial charge in [-0.3, -0.25) is 58.5 Å². The fourth-order valence-corrected chi connectivity index (χ4v) is 12.5. The molecule has 3 aromatic carbocycles. The van der Waals surface area contributed by atoms with Crippen molar-refractivity contribution >= 4 is 93.7 Å². The summed E-state index contributed by atoms with van der Waals surface area (Å²) >= 11 is 0.